The van der Waals surface area contributed by atoms with E-state index in [0.717, 1.165) is 33.9 Å². The van der Waals surface area contributed by atoms with E-state index < -0.39 is 0 Å². The van der Waals surface area contributed by atoms with E-state index in [1.54, 1.807) is 0 Å². The van der Waals surface area contributed by atoms with Crippen LogP contribution in [-0.4, -0.2) is 0 Å². The van der Waals surface area contributed by atoms with Gasteiger partial charge < -0.3 is 22.1 Å². The largest absolute Gasteiger partial charge is 0.397 e. The third-order valence-corrected chi connectivity index (χ3v) is 16.0. The molecule has 16 rings (SSSR count). The fourth-order valence-electron chi connectivity index (χ4n) is 12.3. The Morgan fingerprint density at radius 1 is 0.250 bits per heavy atom. The predicted octanol–water partition coefficient (Wildman–Crippen LogP) is 20.9. The number of nitrogens with one attached hydrogen (secondary N) is 2. The summed E-state index contributed by atoms with van der Waals surface area (Å²) in [6, 6.07) is 95.5. The Labute approximate surface area is 464 Å². The number of aryl methyl sites for hydroxylation is 2. The van der Waals surface area contributed by atoms with Crippen LogP contribution in [0, 0.1) is 13.8 Å². The third kappa shape index (κ3) is 8.34. The van der Waals surface area contributed by atoms with Crippen LogP contribution in [0.2, 0.25) is 0 Å². The number of hydrogen-bond donors (Lipinski definition) is 4. The van der Waals surface area contributed by atoms with Crippen LogP contribution in [0.1, 0.15) is 11.1 Å². The lowest BCUT2D eigenvalue weighted by Gasteiger charge is -2.18. The Morgan fingerprint density at radius 3 is 1.07 bits per heavy atom. The average Bonchev–Trinajstić information content (AvgIpc) is 3.44. The van der Waals surface area contributed by atoms with Gasteiger partial charge in [0.2, 0.25) is 0 Å². The van der Waals surface area contributed by atoms with Gasteiger partial charge in [-0.05, 0) is 206 Å². The van der Waals surface area contributed by atoms with Crippen molar-refractivity contribution >= 4 is 131 Å². The number of benzene rings is 14. The summed E-state index contributed by atoms with van der Waals surface area (Å²) in [7, 11) is 0. The normalized spacial score (nSPS) is 11.5. The van der Waals surface area contributed by atoms with Crippen molar-refractivity contribution in [3.63, 3.8) is 0 Å². The maximum Gasteiger partial charge on any atom is 0.0617 e. The second-order valence-corrected chi connectivity index (χ2v) is 21.1. The zero-order valence-corrected chi connectivity index (χ0v) is 44.6. The Bertz CT molecular complexity index is 4920. The quantitative estimate of drug-likeness (QED) is 0.0989. The number of nitrogens with two attached hydrogens (primary N) is 2. The van der Waals surface area contributed by atoms with Gasteiger partial charge >= 0.3 is 0 Å². The fourth-order valence-corrected chi connectivity index (χ4v) is 12.3. The monoisotopic (exact) mass is 1020 g/mol. The highest BCUT2D eigenvalue weighted by molar-refractivity contribution is 6.44. The zero-order valence-electron chi connectivity index (χ0n) is 44.6. The summed E-state index contributed by atoms with van der Waals surface area (Å²) in [6.45, 7) is 4.17. The minimum absolute atomic E-state index is 0.713. The molecular weight excluding hydrogens is 969 g/mol. The lowest BCUT2D eigenvalue weighted by molar-refractivity contribution is 1.48. The van der Waals surface area contributed by atoms with Gasteiger partial charge in [0.15, 0.2) is 0 Å². The predicted molar refractivity (Wildman–Crippen MR) is 348 cm³/mol. The molecule has 0 amide bonds. The SMILES string of the molecule is Cc1ccccc1.Cc1ccccc1.Nc1ccccc1Nc1ccc(-c2c3cc4c(cc3c(-c3ccc(Nc5ccccc5N)cc3)c3c5cc6ccccc6c6cccc(c23)c65)c2cccc3c5ccccc5cc4c32)cc1. The highest BCUT2D eigenvalue weighted by Crippen LogP contribution is 2.54. The van der Waals surface area contributed by atoms with Gasteiger partial charge in [-0.2, -0.15) is 0 Å². The van der Waals surface area contributed by atoms with Gasteiger partial charge in [0.05, 0.1) is 22.7 Å². The van der Waals surface area contributed by atoms with Crippen LogP contribution in [0.3, 0.4) is 0 Å². The van der Waals surface area contributed by atoms with Crippen LogP contribution < -0.4 is 22.1 Å². The standard InChI is InChI=1S/C62H40N4.2C7H8/c63-53-19-5-7-21-55(53)65-39-27-23-35(24-28-39)57-51-34-48-47(45-17-9-15-43-41-13-3-1-11-37(41)31-49(48)59(43)45)33-50(51)58(36-25-29-40(30-26-36)66-56-22-8-6-20-54(56)64)62-52-32-38-12-2-4-14-42(38)44-16-10-18-46(60(44)52)61(57)62;2*1-7-5-3-2-4-6-7/h1-34,65-66H,63-64H2;2*2-6H,1H3. The van der Waals surface area contributed by atoms with Crippen molar-refractivity contribution in [1.29, 1.82) is 0 Å². The van der Waals surface area contributed by atoms with Gasteiger partial charge in [-0.3, -0.25) is 0 Å². The van der Waals surface area contributed by atoms with Crippen LogP contribution in [0.15, 0.2) is 267 Å². The molecule has 0 aliphatic carbocycles. The Hall–Kier alpha value is -10.4. The smallest absolute Gasteiger partial charge is 0.0617 e. The molecule has 16 aromatic rings. The van der Waals surface area contributed by atoms with Gasteiger partial charge in [0.1, 0.15) is 0 Å². The van der Waals surface area contributed by atoms with Crippen molar-refractivity contribution in [2.24, 2.45) is 0 Å². The maximum atomic E-state index is 6.40. The first-order valence-corrected chi connectivity index (χ1v) is 27.4. The Kier molecular flexibility index (Phi) is 11.9. The number of hydrogen-bond acceptors (Lipinski definition) is 4. The molecule has 0 saturated carbocycles. The van der Waals surface area contributed by atoms with E-state index in [1.165, 1.54) is 119 Å². The van der Waals surface area contributed by atoms with Crippen molar-refractivity contribution in [3.8, 4) is 22.3 Å². The number of rotatable bonds is 6. The minimum atomic E-state index is 0.713. The molecule has 0 bridgehead atoms. The number of fused-ring (bicyclic) bond motifs is 11. The number of nitrogen functional groups attached to an aromatic ring is 2. The van der Waals surface area contributed by atoms with Gasteiger partial charge in [-0.1, -0.05) is 205 Å². The third-order valence-electron chi connectivity index (χ3n) is 16.0. The molecule has 0 aromatic heterocycles. The first-order chi connectivity index (χ1) is 39.3. The Morgan fingerprint density at radius 2 is 0.613 bits per heavy atom. The van der Waals surface area contributed by atoms with E-state index in [9.17, 15) is 0 Å². The molecule has 0 atom stereocenters. The lowest BCUT2D eigenvalue weighted by Crippen LogP contribution is -1.96. The van der Waals surface area contributed by atoms with E-state index in [2.05, 4.69) is 206 Å². The maximum absolute atomic E-state index is 6.40. The van der Waals surface area contributed by atoms with Crippen molar-refractivity contribution < 1.29 is 0 Å². The molecule has 0 heterocycles. The lowest BCUT2D eigenvalue weighted by atomic mass is 9.85. The van der Waals surface area contributed by atoms with Crippen LogP contribution in [-0.2, 0) is 0 Å². The van der Waals surface area contributed by atoms with Gasteiger partial charge in [-0.15, -0.1) is 0 Å². The summed E-state index contributed by atoms with van der Waals surface area (Å²) in [5.41, 5.74) is 25.4. The van der Waals surface area contributed by atoms with Crippen molar-refractivity contribution in [2.75, 3.05) is 22.1 Å². The van der Waals surface area contributed by atoms with E-state index in [4.69, 9.17) is 11.5 Å². The highest BCUT2D eigenvalue weighted by Gasteiger charge is 2.26. The molecule has 0 aliphatic rings. The topological polar surface area (TPSA) is 76.1 Å². The molecule has 0 aliphatic heterocycles. The fraction of sp³-hybridized carbons (Fsp3) is 0.0263. The summed E-state index contributed by atoms with van der Waals surface area (Å²) in [5, 5.41) is 30.0. The summed E-state index contributed by atoms with van der Waals surface area (Å²) in [5.74, 6) is 0. The molecule has 0 unspecified atom stereocenters. The molecule has 0 saturated heterocycles. The molecule has 0 fully saturated rings. The van der Waals surface area contributed by atoms with Crippen LogP contribution in [0.4, 0.5) is 34.1 Å². The first-order valence-electron chi connectivity index (χ1n) is 27.4. The van der Waals surface area contributed by atoms with Crippen molar-refractivity contribution in [1.82, 2.24) is 0 Å². The summed E-state index contributed by atoms with van der Waals surface area (Å²) < 4.78 is 0. The van der Waals surface area contributed by atoms with Gasteiger partial charge in [-0.25, -0.2) is 0 Å². The molecule has 380 valence electrons. The minimum Gasteiger partial charge on any atom is -0.397 e. The second kappa shape index (κ2) is 19.9. The van der Waals surface area contributed by atoms with Crippen LogP contribution >= 0.6 is 0 Å². The van der Waals surface area contributed by atoms with Gasteiger partial charge in [0.25, 0.3) is 0 Å². The van der Waals surface area contributed by atoms with Gasteiger partial charge in [0, 0.05) is 11.4 Å². The molecule has 16 aromatic carbocycles. The molecular formula is C76H56N4. The number of para-hydroxylation sites is 4. The van der Waals surface area contributed by atoms with E-state index in [0.29, 0.717) is 11.4 Å². The molecule has 4 nitrogen and oxygen atoms in total. The second-order valence-electron chi connectivity index (χ2n) is 21.1. The Balaban J connectivity index is 0.000000362. The first kappa shape index (κ1) is 48.0. The summed E-state index contributed by atoms with van der Waals surface area (Å²) in [6.07, 6.45) is 0. The van der Waals surface area contributed by atoms with E-state index in [-0.39, 0.29) is 0 Å². The molecule has 4 heteroatoms. The zero-order chi connectivity index (χ0) is 53.8. The van der Waals surface area contributed by atoms with Crippen LogP contribution in [0.25, 0.3) is 119 Å². The van der Waals surface area contributed by atoms with Crippen molar-refractivity contribution in [3.05, 3.63) is 278 Å². The molecule has 6 N–H and O–H groups in total. The molecule has 0 radical (unpaired) electrons. The molecule has 0 spiro atoms. The van der Waals surface area contributed by atoms with Crippen molar-refractivity contribution in [2.45, 2.75) is 13.8 Å². The summed E-state index contributed by atoms with van der Waals surface area (Å²) >= 11 is 0. The number of anilines is 6. The van der Waals surface area contributed by atoms with E-state index >= 15 is 0 Å². The average molecular weight is 1030 g/mol. The molecule has 80 heavy (non-hydrogen) atoms. The highest BCUT2D eigenvalue weighted by atomic mass is 14.9. The summed E-state index contributed by atoms with van der Waals surface area (Å²) in [4.78, 5) is 0. The van der Waals surface area contributed by atoms with Crippen LogP contribution in [0.5, 0.6) is 0 Å². The van der Waals surface area contributed by atoms with E-state index in [1.807, 2.05) is 84.9 Å².